The predicted molar refractivity (Wildman–Crippen MR) is 68.0 cm³/mol. The van der Waals surface area contributed by atoms with Crippen molar-refractivity contribution in [2.75, 3.05) is 18.0 Å². The molecule has 0 N–H and O–H groups in total. The van der Waals surface area contributed by atoms with Crippen LogP contribution >= 0.6 is 15.9 Å². The van der Waals surface area contributed by atoms with Gasteiger partial charge in [0.2, 0.25) is 0 Å². The van der Waals surface area contributed by atoms with E-state index in [1.54, 1.807) is 0 Å². The Morgan fingerprint density at radius 3 is 2.14 bits per heavy atom. The molecule has 0 unspecified atom stereocenters. The summed E-state index contributed by atoms with van der Waals surface area (Å²) in [6.45, 7) is 6.47. The summed E-state index contributed by atoms with van der Waals surface area (Å²) in [6, 6.07) is 8.58. The van der Waals surface area contributed by atoms with E-state index in [0.717, 1.165) is 13.1 Å². The Bertz CT molecular complexity index is 286. The third-order valence-electron chi connectivity index (χ3n) is 2.28. The molecule has 1 nitrogen and oxygen atoms in total. The van der Waals surface area contributed by atoms with Crippen molar-refractivity contribution in [3.63, 3.8) is 0 Å². The minimum absolute atomic E-state index is 1.06. The molecule has 0 aliphatic carbocycles. The summed E-state index contributed by atoms with van der Waals surface area (Å²) in [4.78, 5) is 4.21. The quantitative estimate of drug-likeness (QED) is 0.787. The maximum atomic E-state index is 3.27. The van der Waals surface area contributed by atoms with Crippen LogP contribution in [-0.4, -0.2) is 13.1 Å². The van der Waals surface area contributed by atoms with E-state index < -0.39 is 0 Å². The molecule has 0 fully saturated rings. The van der Waals surface area contributed by atoms with Gasteiger partial charge in [0.1, 0.15) is 0 Å². The molecule has 0 radical (unpaired) electrons. The normalized spacial score (nSPS) is 10.8. The summed E-state index contributed by atoms with van der Waals surface area (Å²) in [5.74, 6) is 0. The van der Waals surface area contributed by atoms with Crippen molar-refractivity contribution in [2.24, 2.45) is 0 Å². The summed E-state index contributed by atoms with van der Waals surface area (Å²) in [5, 5.41) is 0. The SMILES string of the molecule is CCN(CC)c1ccc(/C=C/Br)cc1. The molecule has 2 heteroatoms. The first kappa shape index (κ1) is 11.3. The molecule has 1 rings (SSSR count). The van der Waals surface area contributed by atoms with Gasteiger partial charge in [0.25, 0.3) is 0 Å². The van der Waals surface area contributed by atoms with Gasteiger partial charge >= 0.3 is 0 Å². The van der Waals surface area contributed by atoms with Crippen LogP contribution in [0.4, 0.5) is 5.69 Å². The lowest BCUT2D eigenvalue weighted by Crippen LogP contribution is -2.21. The first-order valence-corrected chi connectivity index (χ1v) is 5.85. The van der Waals surface area contributed by atoms with Crippen molar-refractivity contribution < 1.29 is 0 Å². The molecule has 0 saturated carbocycles. The molecule has 0 amide bonds. The molecule has 0 aliphatic rings. The Labute approximate surface area is 94.6 Å². The number of nitrogens with zero attached hydrogens (tertiary/aromatic N) is 1. The van der Waals surface area contributed by atoms with Gasteiger partial charge in [-0.1, -0.05) is 28.1 Å². The maximum Gasteiger partial charge on any atom is 0.0366 e. The van der Waals surface area contributed by atoms with E-state index in [4.69, 9.17) is 0 Å². The molecular formula is C12H16BrN. The molecule has 0 heterocycles. The second-order valence-electron chi connectivity index (χ2n) is 3.06. The van der Waals surface area contributed by atoms with Gasteiger partial charge in [-0.15, -0.1) is 0 Å². The smallest absolute Gasteiger partial charge is 0.0366 e. The van der Waals surface area contributed by atoms with Gasteiger partial charge in [-0.3, -0.25) is 0 Å². The van der Waals surface area contributed by atoms with Crippen molar-refractivity contribution in [1.82, 2.24) is 0 Å². The lowest BCUT2D eigenvalue weighted by atomic mass is 10.2. The number of halogens is 1. The molecule has 0 saturated heterocycles. The van der Waals surface area contributed by atoms with E-state index in [2.05, 4.69) is 58.9 Å². The van der Waals surface area contributed by atoms with Crippen molar-refractivity contribution in [2.45, 2.75) is 13.8 Å². The topological polar surface area (TPSA) is 3.24 Å². The fraction of sp³-hybridized carbons (Fsp3) is 0.333. The molecule has 76 valence electrons. The Morgan fingerprint density at radius 2 is 1.71 bits per heavy atom. The van der Waals surface area contributed by atoms with Crippen LogP contribution < -0.4 is 4.90 Å². The molecule has 1 aromatic rings. The van der Waals surface area contributed by atoms with Crippen molar-refractivity contribution in [3.8, 4) is 0 Å². The third kappa shape index (κ3) is 2.88. The fourth-order valence-electron chi connectivity index (χ4n) is 1.46. The lowest BCUT2D eigenvalue weighted by Gasteiger charge is -2.20. The van der Waals surface area contributed by atoms with Crippen LogP contribution in [0.3, 0.4) is 0 Å². The van der Waals surface area contributed by atoms with Gasteiger partial charge in [-0.05, 0) is 42.6 Å². The maximum absolute atomic E-state index is 3.27. The van der Waals surface area contributed by atoms with Crippen LogP contribution in [0.1, 0.15) is 19.4 Å². The van der Waals surface area contributed by atoms with E-state index >= 15 is 0 Å². The average Bonchev–Trinajstić information content (AvgIpc) is 2.23. The molecular weight excluding hydrogens is 238 g/mol. The molecule has 0 atom stereocenters. The Morgan fingerprint density at radius 1 is 1.14 bits per heavy atom. The van der Waals surface area contributed by atoms with Crippen LogP contribution in [-0.2, 0) is 0 Å². The first-order chi connectivity index (χ1) is 6.81. The number of hydrogen-bond donors (Lipinski definition) is 0. The third-order valence-corrected chi connectivity index (χ3v) is 2.54. The van der Waals surface area contributed by atoms with Crippen LogP contribution in [0, 0.1) is 0 Å². The highest BCUT2D eigenvalue weighted by Crippen LogP contribution is 2.15. The summed E-state index contributed by atoms with van der Waals surface area (Å²) in [6.07, 6.45) is 2.03. The van der Waals surface area contributed by atoms with Gasteiger partial charge in [-0.25, -0.2) is 0 Å². The van der Waals surface area contributed by atoms with Gasteiger partial charge in [0.15, 0.2) is 0 Å². The standard InChI is InChI=1S/C12H16BrN/c1-3-14(4-2)12-7-5-11(6-8-12)9-10-13/h5-10H,3-4H2,1-2H3/b10-9+. The Kier molecular flexibility index (Phi) is 4.74. The molecule has 0 spiro atoms. The van der Waals surface area contributed by atoms with Crippen molar-refractivity contribution in [1.29, 1.82) is 0 Å². The number of rotatable bonds is 4. The first-order valence-electron chi connectivity index (χ1n) is 4.93. The average molecular weight is 254 g/mol. The number of benzene rings is 1. The van der Waals surface area contributed by atoms with Gasteiger partial charge in [-0.2, -0.15) is 0 Å². The van der Waals surface area contributed by atoms with E-state index in [1.807, 2.05) is 11.1 Å². The summed E-state index contributed by atoms with van der Waals surface area (Å²) < 4.78 is 0. The van der Waals surface area contributed by atoms with Crippen LogP contribution in [0.15, 0.2) is 29.3 Å². The van der Waals surface area contributed by atoms with Crippen LogP contribution in [0.25, 0.3) is 6.08 Å². The fourth-order valence-corrected chi connectivity index (χ4v) is 1.76. The zero-order valence-electron chi connectivity index (χ0n) is 8.70. The summed E-state index contributed by atoms with van der Waals surface area (Å²) >= 11 is 3.27. The Balaban J connectivity index is 2.81. The highest BCUT2D eigenvalue weighted by molar-refractivity contribution is 9.11. The van der Waals surface area contributed by atoms with Crippen LogP contribution in [0.5, 0.6) is 0 Å². The molecule has 0 bridgehead atoms. The largest absolute Gasteiger partial charge is 0.372 e. The highest BCUT2D eigenvalue weighted by atomic mass is 79.9. The van der Waals surface area contributed by atoms with Gasteiger partial charge in [0, 0.05) is 18.8 Å². The zero-order valence-corrected chi connectivity index (χ0v) is 10.3. The second kappa shape index (κ2) is 5.86. The van der Waals surface area contributed by atoms with Gasteiger partial charge < -0.3 is 4.90 Å². The molecule has 14 heavy (non-hydrogen) atoms. The number of hydrogen-bond acceptors (Lipinski definition) is 1. The van der Waals surface area contributed by atoms with Crippen molar-refractivity contribution in [3.05, 3.63) is 34.8 Å². The molecule has 0 aromatic heterocycles. The second-order valence-corrected chi connectivity index (χ2v) is 3.59. The van der Waals surface area contributed by atoms with Gasteiger partial charge in [0.05, 0.1) is 0 Å². The summed E-state index contributed by atoms with van der Waals surface area (Å²) in [5.41, 5.74) is 2.51. The van der Waals surface area contributed by atoms with E-state index in [9.17, 15) is 0 Å². The highest BCUT2D eigenvalue weighted by Gasteiger charge is 1.99. The van der Waals surface area contributed by atoms with E-state index in [1.165, 1.54) is 11.3 Å². The van der Waals surface area contributed by atoms with E-state index in [0.29, 0.717) is 0 Å². The molecule has 1 aromatic carbocycles. The summed E-state index contributed by atoms with van der Waals surface area (Å²) in [7, 11) is 0. The monoisotopic (exact) mass is 253 g/mol. The van der Waals surface area contributed by atoms with E-state index in [-0.39, 0.29) is 0 Å². The minimum Gasteiger partial charge on any atom is -0.372 e. The molecule has 0 aliphatic heterocycles. The zero-order chi connectivity index (χ0) is 10.4. The van der Waals surface area contributed by atoms with Crippen molar-refractivity contribution >= 4 is 27.7 Å². The van der Waals surface area contributed by atoms with Crippen LogP contribution in [0.2, 0.25) is 0 Å². The number of anilines is 1. The lowest BCUT2D eigenvalue weighted by molar-refractivity contribution is 0.866. The Hall–Kier alpha value is -0.760. The minimum atomic E-state index is 1.06. The predicted octanol–water partition coefficient (Wildman–Crippen LogP) is 3.90.